The van der Waals surface area contributed by atoms with Crippen molar-refractivity contribution in [1.82, 2.24) is 9.71 Å². The van der Waals surface area contributed by atoms with Crippen LogP contribution in [0.3, 0.4) is 0 Å². The fourth-order valence-electron chi connectivity index (χ4n) is 1.13. The van der Waals surface area contributed by atoms with Crippen LogP contribution in [-0.2, 0) is 16.4 Å². The van der Waals surface area contributed by atoms with Gasteiger partial charge in [0, 0.05) is 12.7 Å². The maximum absolute atomic E-state index is 10.7. The van der Waals surface area contributed by atoms with Crippen LogP contribution < -0.4 is 10.5 Å². The van der Waals surface area contributed by atoms with Crippen LogP contribution in [0.2, 0.25) is 0 Å². The summed E-state index contributed by atoms with van der Waals surface area (Å²) >= 11 is 0. The average molecular weight is 229 g/mol. The van der Waals surface area contributed by atoms with Crippen LogP contribution in [0, 0.1) is 0 Å². The van der Waals surface area contributed by atoms with E-state index in [9.17, 15) is 8.42 Å². The Morgan fingerprint density at radius 1 is 1.47 bits per heavy atom. The van der Waals surface area contributed by atoms with Gasteiger partial charge in [0.25, 0.3) is 0 Å². The molecule has 0 atom stereocenters. The first-order valence-corrected chi connectivity index (χ1v) is 6.51. The summed E-state index contributed by atoms with van der Waals surface area (Å²) in [4.78, 5) is 3.95. The van der Waals surface area contributed by atoms with E-state index in [1.807, 2.05) is 6.07 Å². The Hall–Kier alpha value is -1.14. The molecule has 0 radical (unpaired) electrons. The van der Waals surface area contributed by atoms with E-state index in [-0.39, 0.29) is 0 Å². The summed E-state index contributed by atoms with van der Waals surface area (Å²) in [6.07, 6.45) is 4.39. The smallest absolute Gasteiger partial charge is 0.208 e. The van der Waals surface area contributed by atoms with Crippen LogP contribution in [0.15, 0.2) is 18.3 Å². The average Bonchev–Trinajstić information content (AvgIpc) is 2.14. The lowest BCUT2D eigenvalue weighted by Gasteiger charge is -2.02. The molecule has 1 heterocycles. The molecule has 5 nitrogen and oxygen atoms in total. The molecule has 0 spiro atoms. The summed E-state index contributed by atoms with van der Waals surface area (Å²) in [6, 6.07) is 3.63. The molecule has 0 amide bonds. The molecule has 1 rings (SSSR count). The van der Waals surface area contributed by atoms with Crippen molar-refractivity contribution in [2.24, 2.45) is 0 Å². The van der Waals surface area contributed by atoms with Gasteiger partial charge in [-0.2, -0.15) is 0 Å². The standard InChI is InChI=1S/C9H15N3O2S/c1-15(13,14)12-6-2-3-8-4-5-9(10)11-7-8/h4-5,7,12H,2-3,6H2,1H3,(H2,10,11). The van der Waals surface area contributed by atoms with Gasteiger partial charge in [0.2, 0.25) is 10.0 Å². The Labute approximate surface area is 89.8 Å². The van der Waals surface area contributed by atoms with Crippen molar-refractivity contribution in [2.45, 2.75) is 12.8 Å². The van der Waals surface area contributed by atoms with Gasteiger partial charge in [-0.15, -0.1) is 0 Å². The molecule has 0 fully saturated rings. The molecular weight excluding hydrogens is 214 g/mol. The van der Waals surface area contributed by atoms with Gasteiger partial charge in [-0.1, -0.05) is 6.07 Å². The first-order chi connectivity index (χ1) is 6.97. The van der Waals surface area contributed by atoms with Crippen molar-refractivity contribution in [1.29, 1.82) is 0 Å². The Balaban J connectivity index is 2.29. The zero-order valence-corrected chi connectivity index (χ0v) is 9.42. The minimum atomic E-state index is -3.07. The molecule has 1 aromatic rings. The van der Waals surface area contributed by atoms with E-state index in [4.69, 9.17) is 5.73 Å². The molecule has 0 aromatic carbocycles. The fraction of sp³-hybridized carbons (Fsp3) is 0.444. The van der Waals surface area contributed by atoms with Crippen LogP contribution in [-0.4, -0.2) is 26.2 Å². The predicted octanol–water partition coefficient (Wildman–Crippen LogP) is 0.146. The van der Waals surface area contributed by atoms with Gasteiger partial charge in [-0.3, -0.25) is 0 Å². The third-order valence-corrected chi connectivity index (χ3v) is 2.58. The number of rotatable bonds is 5. The van der Waals surface area contributed by atoms with Gasteiger partial charge in [-0.25, -0.2) is 18.1 Å². The summed E-state index contributed by atoms with van der Waals surface area (Å²) in [5, 5.41) is 0. The first kappa shape index (κ1) is 11.9. The minimum Gasteiger partial charge on any atom is -0.384 e. The van der Waals surface area contributed by atoms with Crippen molar-refractivity contribution >= 4 is 15.8 Å². The van der Waals surface area contributed by atoms with Gasteiger partial charge < -0.3 is 5.73 Å². The molecule has 0 saturated carbocycles. The van der Waals surface area contributed by atoms with E-state index >= 15 is 0 Å². The van der Waals surface area contributed by atoms with E-state index in [1.165, 1.54) is 0 Å². The van der Waals surface area contributed by atoms with E-state index in [2.05, 4.69) is 9.71 Å². The molecule has 0 aliphatic carbocycles. The summed E-state index contributed by atoms with van der Waals surface area (Å²) < 4.78 is 23.9. The fourth-order valence-corrected chi connectivity index (χ4v) is 1.65. The number of pyridine rings is 1. The number of aryl methyl sites for hydroxylation is 1. The number of aromatic nitrogens is 1. The molecule has 6 heteroatoms. The van der Waals surface area contributed by atoms with Gasteiger partial charge in [0.1, 0.15) is 5.82 Å². The molecular formula is C9H15N3O2S. The van der Waals surface area contributed by atoms with Gasteiger partial charge in [0.05, 0.1) is 6.26 Å². The second-order valence-electron chi connectivity index (χ2n) is 3.36. The van der Waals surface area contributed by atoms with E-state index < -0.39 is 10.0 Å². The Bertz CT molecular complexity index is 400. The lowest BCUT2D eigenvalue weighted by atomic mass is 10.1. The normalized spacial score (nSPS) is 11.5. The molecule has 0 bridgehead atoms. The second-order valence-corrected chi connectivity index (χ2v) is 5.19. The zero-order valence-electron chi connectivity index (χ0n) is 8.60. The van der Waals surface area contributed by atoms with Crippen LogP contribution in [0.5, 0.6) is 0 Å². The number of sulfonamides is 1. The summed E-state index contributed by atoms with van der Waals surface area (Å²) in [5.74, 6) is 0.494. The third kappa shape index (κ3) is 5.34. The van der Waals surface area contributed by atoms with Crippen LogP contribution in [0.1, 0.15) is 12.0 Å². The minimum absolute atomic E-state index is 0.448. The molecule has 0 unspecified atom stereocenters. The molecule has 0 aliphatic rings. The van der Waals surface area contributed by atoms with Gasteiger partial charge >= 0.3 is 0 Å². The number of nitrogen functional groups attached to an aromatic ring is 1. The lowest BCUT2D eigenvalue weighted by molar-refractivity contribution is 0.585. The lowest BCUT2D eigenvalue weighted by Crippen LogP contribution is -2.23. The Morgan fingerprint density at radius 2 is 2.20 bits per heavy atom. The van der Waals surface area contributed by atoms with Crippen LogP contribution >= 0.6 is 0 Å². The van der Waals surface area contributed by atoms with Crippen molar-refractivity contribution < 1.29 is 8.42 Å². The number of nitrogens with zero attached hydrogens (tertiary/aromatic N) is 1. The van der Waals surface area contributed by atoms with Gasteiger partial charge in [-0.05, 0) is 24.5 Å². The van der Waals surface area contributed by atoms with Crippen molar-refractivity contribution in [3.63, 3.8) is 0 Å². The number of anilines is 1. The Kier molecular flexibility index (Phi) is 4.05. The second kappa shape index (κ2) is 5.09. The highest BCUT2D eigenvalue weighted by atomic mass is 32.2. The maximum Gasteiger partial charge on any atom is 0.208 e. The largest absolute Gasteiger partial charge is 0.384 e. The van der Waals surface area contributed by atoms with Crippen molar-refractivity contribution in [3.8, 4) is 0 Å². The van der Waals surface area contributed by atoms with Crippen LogP contribution in [0.25, 0.3) is 0 Å². The highest BCUT2D eigenvalue weighted by molar-refractivity contribution is 7.88. The highest BCUT2D eigenvalue weighted by Crippen LogP contribution is 2.03. The highest BCUT2D eigenvalue weighted by Gasteiger charge is 1.99. The predicted molar refractivity (Wildman–Crippen MR) is 59.8 cm³/mol. The van der Waals surface area contributed by atoms with Gasteiger partial charge in [0.15, 0.2) is 0 Å². The summed E-state index contributed by atoms with van der Waals surface area (Å²) in [7, 11) is -3.07. The molecule has 0 saturated heterocycles. The molecule has 1 aromatic heterocycles. The molecule has 84 valence electrons. The summed E-state index contributed by atoms with van der Waals surface area (Å²) in [6.45, 7) is 0.448. The number of nitrogens with two attached hydrogens (primary N) is 1. The van der Waals surface area contributed by atoms with Crippen molar-refractivity contribution in [3.05, 3.63) is 23.9 Å². The zero-order chi connectivity index (χ0) is 11.3. The van der Waals surface area contributed by atoms with E-state index in [1.54, 1.807) is 12.3 Å². The number of hydrogen-bond donors (Lipinski definition) is 2. The van der Waals surface area contributed by atoms with Crippen LogP contribution in [0.4, 0.5) is 5.82 Å². The van der Waals surface area contributed by atoms with E-state index in [0.717, 1.165) is 24.7 Å². The Morgan fingerprint density at radius 3 is 2.73 bits per heavy atom. The molecule has 15 heavy (non-hydrogen) atoms. The third-order valence-electron chi connectivity index (χ3n) is 1.85. The summed E-state index contributed by atoms with van der Waals surface area (Å²) in [5.41, 5.74) is 6.49. The maximum atomic E-state index is 10.7. The van der Waals surface area contributed by atoms with E-state index in [0.29, 0.717) is 12.4 Å². The van der Waals surface area contributed by atoms with Crippen molar-refractivity contribution in [2.75, 3.05) is 18.5 Å². The molecule has 3 N–H and O–H groups in total. The quantitative estimate of drug-likeness (QED) is 0.704. The first-order valence-electron chi connectivity index (χ1n) is 4.62. The number of hydrogen-bond acceptors (Lipinski definition) is 4. The topological polar surface area (TPSA) is 85.1 Å². The molecule has 0 aliphatic heterocycles. The SMILES string of the molecule is CS(=O)(=O)NCCCc1ccc(N)nc1. The number of nitrogens with one attached hydrogen (secondary N) is 1. The monoisotopic (exact) mass is 229 g/mol.